The number of anilines is 2. The first-order valence-electron chi connectivity index (χ1n) is 9.77. The minimum Gasteiger partial charge on any atom is -0.322 e. The number of nitrogens with two attached hydrogens (primary N) is 1. The molecule has 1 saturated carbocycles. The standard InChI is InChI=1S/C22H24FN3O2/c23-17-9-5-8-16(14-17)22(24)20(27)25-18-10-3-4-11-19(18)26(21(22)28)13-12-15-6-1-2-7-15/h3-5,8-11,14-15H,1-2,6-7,12-13,24H2,(H,25,27). The molecule has 2 amide bonds. The summed E-state index contributed by atoms with van der Waals surface area (Å²) < 4.78 is 13.8. The molecule has 0 radical (unpaired) electrons. The second-order valence-electron chi connectivity index (χ2n) is 7.69. The molecule has 6 heteroatoms. The van der Waals surface area contributed by atoms with Gasteiger partial charge in [0.25, 0.3) is 11.8 Å². The second-order valence-corrected chi connectivity index (χ2v) is 7.69. The molecule has 1 unspecified atom stereocenters. The fourth-order valence-electron chi connectivity index (χ4n) is 4.28. The van der Waals surface area contributed by atoms with Crippen molar-refractivity contribution < 1.29 is 14.0 Å². The Balaban J connectivity index is 1.75. The molecular weight excluding hydrogens is 357 g/mol. The lowest BCUT2D eigenvalue weighted by molar-refractivity contribution is -0.133. The van der Waals surface area contributed by atoms with Crippen LogP contribution in [0.3, 0.4) is 0 Å². The lowest BCUT2D eigenvalue weighted by atomic mass is 9.88. The summed E-state index contributed by atoms with van der Waals surface area (Å²) in [5, 5.41) is 2.77. The van der Waals surface area contributed by atoms with Crippen LogP contribution < -0.4 is 16.0 Å². The van der Waals surface area contributed by atoms with Gasteiger partial charge in [0.05, 0.1) is 11.4 Å². The molecule has 5 nitrogen and oxygen atoms in total. The number of nitrogens with zero attached hydrogens (tertiary/aromatic N) is 1. The van der Waals surface area contributed by atoms with Crippen molar-refractivity contribution >= 4 is 23.2 Å². The Bertz CT molecular complexity index is 910. The van der Waals surface area contributed by atoms with E-state index in [1.165, 1.54) is 43.9 Å². The van der Waals surface area contributed by atoms with Crippen LogP contribution in [-0.4, -0.2) is 18.4 Å². The van der Waals surface area contributed by atoms with E-state index >= 15 is 0 Å². The molecule has 1 aliphatic carbocycles. The molecule has 0 saturated heterocycles. The topological polar surface area (TPSA) is 75.4 Å². The fourth-order valence-corrected chi connectivity index (χ4v) is 4.28. The number of nitrogens with one attached hydrogen (secondary N) is 1. The van der Waals surface area contributed by atoms with E-state index in [1.54, 1.807) is 23.1 Å². The molecule has 1 fully saturated rings. The third kappa shape index (κ3) is 3.18. The third-order valence-corrected chi connectivity index (χ3v) is 5.90. The SMILES string of the molecule is NC1(c2cccc(F)c2)C(=O)Nc2ccccc2N(CCC2CCCC2)C1=O. The highest BCUT2D eigenvalue weighted by Gasteiger charge is 2.49. The fraction of sp³-hybridized carbons (Fsp3) is 0.364. The summed E-state index contributed by atoms with van der Waals surface area (Å²) in [5.74, 6) is -1.15. The van der Waals surface area contributed by atoms with Gasteiger partial charge in [0.15, 0.2) is 0 Å². The predicted octanol–water partition coefficient (Wildman–Crippen LogP) is 3.55. The van der Waals surface area contributed by atoms with E-state index in [4.69, 9.17) is 5.73 Å². The molecule has 3 N–H and O–H groups in total. The van der Waals surface area contributed by atoms with E-state index in [1.807, 2.05) is 6.07 Å². The minimum absolute atomic E-state index is 0.147. The Labute approximate surface area is 163 Å². The van der Waals surface area contributed by atoms with Gasteiger partial charge >= 0.3 is 0 Å². The Hall–Kier alpha value is -2.73. The highest BCUT2D eigenvalue weighted by Crippen LogP contribution is 2.36. The lowest BCUT2D eigenvalue weighted by Crippen LogP contribution is -2.58. The van der Waals surface area contributed by atoms with Crippen molar-refractivity contribution in [1.29, 1.82) is 0 Å². The van der Waals surface area contributed by atoms with Gasteiger partial charge in [-0.3, -0.25) is 9.59 Å². The first kappa shape index (κ1) is 18.6. The van der Waals surface area contributed by atoms with Crippen LogP contribution in [-0.2, 0) is 15.1 Å². The number of amides is 2. The number of carbonyl (C=O) groups excluding carboxylic acids is 2. The summed E-state index contributed by atoms with van der Waals surface area (Å²) in [4.78, 5) is 28.2. The van der Waals surface area contributed by atoms with Crippen LogP contribution in [0.15, 0.2) is 48.5 Å². The van der Waals surface area contributed by atoms with Gasteiger partial charge in [-0.15, -0.1) is 0 Å². The molecule has 2 aromatic rings. The lowest BCUT2D eigenvalue weighted by Gasteiger charge is -2.31. The maximum atomic E-state index is 13.8. The quantitative estimate of drug-likeness (QED) is 0.796. The number of fused-ring (bicyclic) bond motifs is 1. The molecule has 2 aliphatic rings. The van der Waals surface area contributed by atoms with Gasteiger partial charge in [0, 0.05) is 6.54 Å². The number of carbonyl (C=O) groups is 2. The van der Waals surface area contributed by atoms with Crippen molar-refractivity contribution in [3.63, 3.8) is 0 Å². The number of benzene rings is 2. The molecule has 1 atom stereocenters. The van der Waals surface area contributed by atoms with Crippen LogP contribution >= 0.6 is 0 Å². The molecule has 4 rings (SSSR count). The van der Waals surface area contributed by atoms with Gasteiger partial charge in [-0.1, -0.05) is 49.9 Å². The van der Waals surface area contributed by atoms with E-state index in [-0.39, 0.29) is 5.56 Å². The summed E-state index contributed by atoms with van der Waals surface area (Å²) in [5.41, 5.74) is 5.74. The minimum atomic E-state index is -1.99. The Morgan fingerprint density at radius 2 is 1.86 bits per heavy atom. The van der Waals surface area contributed by atoms with Gasteiger partial charge in [-0.25, -0.2) is 4.39 Å². The van der Waals surface area contributed by atoms with E-state index < -0.39 is 23.2 Å². The van der Waals surface area contributed by atoms with Crippen molar-refractivity contribution in [2.75, 3.05) is 16.8 Å². The van der Waals surface area contributed by atoms with Gasteiger partial charge < -0.3 is 16.0 Å². The van der Waals surface area contributed by atoms with Crippen LogP contribution in [0.2, 0.25) is 0 Å². The van der Waals surface area contributed by atoms with Crippen molar-refractivity contribution in [3.8, 4) is 0 Å². The van der Waals surface area contributed by atoms with E-state index in [9.17, 15) is 14.0 Å². The maximum Gasteiger partial charge on any atom is 0.261 e. The summed E-state index contributed by atoms with van der Waals surface area (Å²) >= 11 is 0. The molecule has 2 aromatic carbocycles. The third-order valence-electron chi connectivity index (χ3n) is 5.90. The molecular formula is C22H24FN3O2. The number of hydrogen-bond donors (Lipinski definition) is 2. The number of rotatable bonds is 4. The Kier molecular flexibility index (Phi) is 4.89. The number of hydrogen-bond acceptors (Lipinski definition) is 3. The molecule has 1 heterocycles. The number of halogens is 1. The molecule has 0 aromatic heterocycles. The summed E-state index contributed by atoms with van der Waals surface area (Å²) in [6.45, 7) is 0.476. The highest BCUT2D eigenvalue weighted by molar-refractivity contribution is 6.23. The maximum absolute atomic E-state index is 13.8. The normalized spacial score (nSPS) is 22.7. The van der Waals surface area contributed by atoms with E-state index in [2.05, 4.69) is 5.32 Å². The average Bonchev–Trinajstić information content (AvgIpc) is 3.19. The van der Waals surface area contributed by atoms with Crippen LogP contribution in [0, 0.1) is 11.7 Å². The zero-order valence-electron chi connectivity index (χ0n) is 15.7. The zero-order chi connectivity index (χ0) is 19.7. The van der Waals surface area contributed by atoms with Crippen LogP contribution in [0.25, 0.3) is 0 Å². The van der Waals surface area contributed by atoms with Crippen LogP contribution in [0.4, 0.5) is 15.8 Å². The van der Waals surface area contributed by atoms with Gasteiger partial charge in [0.2, 0.25) is 5.54 Å². The zero-order valence-corrected chi connectivity index (χ0v) is 15.7. The smallest absolute Gasteiger partial charge is 0.261 e. The van der Waals surface area contributed by atoms with E-state index in [0.717, 1.165) is 12.5 Å². The first-order chi connectivity index (χ1) is 13.5. The highest BCUT2D eigenvalue weighted by atomic mass is 19.1. The van der Waals surface area contributed by atoms with Gasteiger partial charge in [0.1, 0.15) is 5.82 Å². The molecule has 0 spiro atoms. The first-order valence-corrected chi connectivity index (χ1v) is 9.77. The van der Waals surface area contributed by atoms with Crippen molar-refractivity contribution in [2.24, 2.45) is 11.7 Å². The Morgan fingerprint density at radius 1 is 1.11 bits per heavy atom. The van der Waals surface area contributed by atoms with Crippen molar-refractivity contribution in [2.45, 2.75) is 37.6 Å². The molecule has 0 bridgehead atoms. The van der Waals surface area contributed by atoms with Crippen molar-refractivity contribution in [3.05, 3.63) is 59.9 Å². The molecule has 28 heavy (non-hydrogen) atoms. The Morgan fingerprint density at radius 3 is 2.61 bits per heavy atom. The van der Waals surface area contributed by atoms with Gasteiger partial charge in [-0.2, -0.15) is 0 Å². The summed E-state index contributed by atoms with van der Waals surface area (Å²) in [6, 6.07) is 12.6. The number of para-hydroxylation sites is 2. The van der Waals surface area contributed by atoms with E-state index in [0.29, 0.717) is 23.8 Å². The predicted molar refractivity (Wildman–Crippen MR) is 106 cm³/mol. The van der Waals surface area contributed by atoms with Crippen LogP contribution in [0.5, 0.6) is 0 Å². The molecule has 146 valence electrons. The summed E-state index contributed by atoms with van der Waals surface area (Å²) in [6.07, 6.45) is 5.63. The summed E-state index contributed by atoms with van der Waals surface area (Å²) in [7, 11) is 0. The van der Waals surface area contributed by atoms with Gasteiger partial charge in [-0.05, 0) is 42.2 Å². The molecule has 1 aliphatic heterocycles. The average molecular weight is 381 g/mol. The van der Waals surface area contributed by atoms with Crippen molar-refractivity contribution in [1.82, 2.24) is 0 Å². The van der Waals surface area contributed by atoms with Crippen LogP contribution in [0.1, 0.15) is 37.7 Å². The monoisotopic (exact) mass is 381 g/mol. The second kappa shape index (κ2) is 7.36. The largest absolute Gasteiger partial charge is 0.322 e.